The number of anilines is 1. The van der Waals surface area contributed by atoms with Crippen LogP contribution in [0.4, 0.5) is 5.69 Å². The zero-order chi connectivity index (χ0) is 13.9. The maximum absolute atomic E-state index is 12.2. The number of H-pyrrole nitrogens is 1. The number of carbonyl (C=O) groups is 1. The number of carbonyl (C=O) groups excluding carboxylic acids is 1. The van der Waals surface area contributed by atoms with Crippen LogP contribution in [0.15, 0.2) is 18.2 Å². The molecule has 1 heterocycles. The number of hydrogen-bond acceptors (Lipinski definition) is 4. The first kappa shape index (κ1) is 13.1. The van der Waals surface area contributed by atoms with Crippen molar-refractivity contribution in [1.82, 2.24) is 20.6 Å². The third-order valence-corrected chi connectivity index (χ3v) is 3.80. The van der Waals surface area contributed by atoms with Crippen LogP contribution >= 0.6 is 11.6 Å². The van der Waals surface area contributed by atoms with E-state index in [1.54, 1.807) is 18.2 Å². The topological polar surface area (TPSA) is 83.6 Å². The number of nitrogens with zero attached hydrogens (tertiary/aromatic N) is 3. The molecule has 6 nitrogen and oxygen atoms in total. The molecule has 1 aliphatic rings. The highest BCUT2D eigenvalue weighted by Gasteiger charge is 2.23. The molecule has 0 atom stereocenters. The van der Waals surface area contributed by atoms with E-state index < -0.39 is 0 Å². The second-order valence-electron chi connectivity index (χ2n) is 4.91. The van der Waals surface area contributed by atoms with Crippen LogP contribution in [0, 0.1) is 5.92 Å². The number of aromatic amines is 1. The Morgan fingerprint density at radius 1 is 1.35 bits per heavy atom. The van der Waals surface area contributed by atoms with Gasteiger partial charge in [-0.1, -0.05) is 24.4 Å². The summed E-state index contributed by atoms with van der Waals surface area (Å²) in [4.78, 5) is 12.2. The lowest BCUT2D eigenvalue weighted by Gasteiger charge is -2.13. The van der Waals surface area contributed by atoms with E-state index in [1.807, 2.05) is 0 Å². The zero-order valence-corrected chi connectivity index (χ0v) is 11.5. The first-order chi connectivity index (χ1) is 9.74. The first-order valence-corrected chi connectivity index (χ1v) is 6.96. The molecule has 1 aromatic carbocycles. The lowest BCUT2D eigenvalue weighted by molar-refractivity contribution is -0.119. The van der Waals surface area contributed by atoms with Gasteiger partial charge in [0.25, 0.3) is 0 Å². The minimum absolute atomic E-state index is 0.0403. The molecule has 0 saturated heterocycles. The predicted octanol–water partition coefficient (Wildman–Crippen LogP) is 2.65. The summed E-state index contributed by atoms with van der Waals surface area (Å²) in [7, 11) is 0. The van der Waals surface area contributed by atoms with Crippen molar-refractivity contribution < 1.29 is 4.79 Å². The molecule has 7 heteroatoms. The van der Waals surface area contributed by atoms with Crippen LogP contribution in [0.25, 0.3) is 11.4 Å². The molecule has 1 saturated carbocycles. The Bertz CT molecular complexity index is 607. The van der Waals surface area contributed by atoms with Gasteiger partial charge >= 0.3 is 0 Å². The number of nitrogens with one attached hydrogen (secondary N) is 2. The summed E-state index contributed by atoms with van der Waals surface area (Å²) in [5.74, 6) is 0.636. The molecule has 3 rings (SSSR count). The molecule has 0 unspecified atom stereocenters. The summed E-state index contributed by atoms with van der Waals surface area (Å²) in [6.07, 6.45) is 4.14. The van der Waals surface area contributed by atoms with E-state index in [2.05, 4.69) is 25.9 Å². The number of amides is 1. The fraction of sp³-hybridized carbons (Fsp3) is 0.385. The van der Waals surface area contributed by atoms with Crippen LogP contribution in [-0.4, -0.2) is 26.5 Å². The van der Waals surface area contributed by atoms with E-state index in [0.717, 1.165) is 31.2 Å². The number of hydrogen-bond donors (Lipinski definition) is 2. The summed E-state index contributed by atoms with van der Waals surface area (Å²) in [6, 6.07) is 5.24. The number of rotatable bonds is 3. The van der Waals surface area contributed by atoms with Crippen LogP contribution in [0.3, 0.4) is 0 Å². The molecule has 0 aliphatic heterocycles. The van der Waals surface area contributed by atoms with E-state index in [1.165, 1.54) is 0 Å². The van der Waals surface area contributed by atoms with E-state index in [0.29, 0.717) is 16.5 Å². The Hall–Kier alpha value is -1.95. The molecule has 1 amide bonds. The number of aromatic nitrogens is 4. The van der Waals surface area contributed by atoms with Crippen LogP contribution in [-0.2, 0) is 4.79 Å². The van der Waals surface area contributed by atoms with Crippen LogP contribution in [0.2, 0.25) is 5.02 Å². The average Bonchev–Trinajstić information content (AvgIpc) is 3.12. The van der Waals surface area contributed by atoms with Gasteiger partial charge in [0.2, 0.25) is 5.91 Å². The van der Waals surface area contributed by atoms with Crippen molar-refractivity contribution in [3.05, 3.63) is 23.2 Å². The van der Waals surface area contributed by atoms with E-state index in [4.69, 9.17) is 11.6 Å². The summed E-state index contributed by atoms with van der Waals surface area (Å²) < 4.78 is 0. The molecule has 2 aromatic rings. The van der Waals surface area contributed by atoms with Crippen molar-refractivity contribution >= 4 is 23.2 Å². The summed E-state index contributed by atoms with van der Waals surface area (Å²) in [5, 5.41) is 17.2. The second kappa shape index (κ2) is 5.58. The lowest BCUT2D eigenvalue weighted by Crippen LogP contribution is -2.20. The van der Waals surface area contributed by atoms with Crippen LogP contribution in [0.5, 0.6) is 0 Å². The van der Waals surface area contributed by atoms with Crippen molar-refractivity contribution in [3.8, 4) is 11.4 Å². The van der Waals surface area contributed by atoms with Gasteiger partial charge in [-0.05, 0) is 41.5 Å². The number of benzene rings is 1. The molecule has 1 aromatic heterocycles. The molecule has 0 radical (unpaired) electrons. The smallest absolute Gasteiger partial charge is 0.227 e. The monoisotopic (exact) mass is 291 g/mol. The second-order valence-corrected chi connectivity index (χ2v) is 5.35. The Kier molecular flexibility index (Phi) is 3.64. The Balaban J connectivity index is 1.87. The van der Waals surface area contributed by atoms with Crippen LogP contribution < -0.4 is 5.32 Å². The van der Waals surface area contributed by atoms with Crippen LogP contribution in [0.1, 0.15) is 25.7 Å². The summed E-state index contributed by atoms with van der Waals surface area (Å²) in [6.45, 7) is 0. The van der Waals surface area contributed by atoms with Crippen molar-refractivity contribution in [1.29, 1.82) is 0 Å². The Labute approximate surface area is 120 Å². The Morgan fingerprint density at radius 3 is 2.85 bits per heavy atom. The highest BCUT2D eigenvalue weighted by Crippen LogP contribution is 2.30. The zero-order valence-electron chi connectivity index (χ0n) is 10.8. The van der Waals surface area contributed by atoms with Crippen molar-refractivity contribution in [3.63, 3.8) is 0 Å². The van der Waals surface area contributed by atoms with E-state index in [9.17, 15) is 4.79 Å². The normalized spacial score (nSPS) is 15.4. The minimum atomic E-state index is 0.0403. The standard InChI is InChI=1S/C13H14ClN5O/c14-9-5-6-10(12-16-18-19-17-12)11(7-9)15-13(20)8-3-1-2-4-8/h5-8H,1-4H2,(H,15,20)(H,16,17,18,19). The van der Waals surface area contributed by atoms with Gasteiger partial charge in [0, 0.05) is 16.5 Å². The van der Waals surface area contributed by atoms with Gasteiger partial charge < -0.3 is 5.32 Å². The van der Waals surface area contributed by atoms with Gasteiger partial charge in [0.05, 0.1) is 5.69 Å². The third kappa shape index (κ3) is 2.65. The Morgan fingerprint density at radius 2 is 2.15 bits per heavy atom. The maximum Gasteiger partial charge on any atom is 0.227 e. The molecular weight excluding hydrogens is 278 g/mol. The number of halogens is 1. The maximum atomic E-state index is 12.2. The molecule has 1 fully saturated rings. The first-order valence-electron chi connectivity index (χ1n) is 6.58. The highest BCUT2D eigenvalue weighted by molar-refractivity contribution is 6.31. The third-order valence-electron chi connectivity index (χ3n) is 3.57. The fourth-order valence-electron chi connectivity index (χ4n) is 2.52. The van der Waals surface area contributed by atoms with Gasteiger partial charge in [-0.25, -0.2) is 5.10 Å². The largest absolute Gasteiger partial charge is 0.325 e. The van der Waals surface area contributed by atoms with Crippen molar-refractivity contribution in [2.75, 3.05) is 5.32 Å². The summed E-state index contributed by atoms with van der Waals surface area (Å²) >= 11 is 6.01. The lowest BCUT2D eigenvalue weighted by atomic mass is 10.1. The summed E-state index contributed by atoms with van der Waals surface area (Å²) in [5.41, 5.74) is 1.36. The molecule has 0 spiro atoms. The molecular formula is C13H14ClN5O. The average molecular weight is 292 g/mol. The number of tetrazole rings is 1. The predicted molar refractivity (Wildman–Crippen MR) is 75.2 cm³/mol. The van der Waals surface area contributed by atoms with Gasteiger partial charge in [-0.15, -0.1) is 5.10 Å². The highest BCUT2D eigenvalue weighted by atomic mass is 35.5. The van der Waals surface area contributed by atoms with Gasteiger partial charge in [0.1, 0.15) is 0 Å². The fourth-order valence-corrected chi connectivity index (χ4v) is 2.69. The quantitative estimate of drug-likeness (QED) is 0.910. The molecule has 1 aliphatic carbocycles. The van der Waals surface area contributed by atoms with E-state index in [-0.39, 0.29) is 11.8 Å². The van der Waals surface area contributed by atoms with Gasteiger partial charge in [-0.3, -0.25) is 4.79 Å². The van der Waals surface area contributed by atoms with Gasteiger partial charge in [-0.2, -0.15) is 0 Å². The van der Waals surface area contributed by atoms with Crippen molar-refractivity contribution in [2.24, 2.45) is 5.92 Å². The van der Waals surface area contributed by atoms with E-state index >= 15 is 0 Å². The molecule has 104 valence electrons. The van der Waals surface area contributed by atoms with Gasteiger partial charge in [0.15, 0.2) is 5.82 Å². The molecule has 20 heavy (non-hydrogen) atoms. The van der Waals surface area contributed by atoms with Crippen molar-refractivity contribution in [2.45, 2.75) is 25.7 Å². The molecule has 0 bridgehead atoms. The minimum Gasteiger partial charge on any atom is -0.325 e. The molecule has 2 N–H and O–H groups in total. The SMILES string of the molecule is O=C(Nc1cc(Cl)ccc1-c1nnn[nH]1)C1CCCC1.